The van der Waals surface area contributed by atoms with Crippen LogP contribution in [0.3, 0.4) is 0 Å². The Kier molecular flexibility index (Phi) is 3.68. The van der Waals surface area contributed by atoms with E-state index in [-0.39, 0.29) is 30.8 Å². The van der Waals surface area contributed by atoms with Crippen LogP contribution in [0.4, 0.5) is 18.0 Å². The van der Waals surface area contributed by atoms with Crippen molar-refractivity contribution in [2.24, 2.45) is 5.92 Å². The summed E-state index contributed by atoms with van der Waals surface area (Å²) < 4.78 is 41.9. The van der Waals surface area contributed by atoms with Crippen molar-refractivity contribution in [2.75, 3.05) is 19.7 Å². The summed E-state index contributed by atoms with van der Waals surface area (Å²) in [7, 11) is 0. The zero-order valence-corrected chi connectivity index (χ0v) is 11.1. The van der Waals surface area contributed by atoms with E-state index in [1.807, 2.05) is 13.8 Å². The minimum atomic E-state index is -4.14. The molecule has 1 atom stereocenters. The zero-order chi connectivity index (χ0) is 14.3. The number of alkyl halides is 3. The van der Waals surface area contributed by atoms with Gasteiger partial charge in [-0.2, -0.15) is 13.2 Å². The predicted octanol–water partition coefficient (Wildman–Crippen LogP) is 2.15. The first-order valence-corrected chi connectivity index (χ1v) is 6.41. The lowest BCUT2D eigenvalue weighted by molar-refractivity contribution is -0.153. The minimum absolute atomic E-state index is 0.0517. The maximum Gasteiger partial charge on any atom is 0.389 e. The van der Waals surface area contributed by atoms with Crippen LogP contribution in [0.15, 0.2) is 0 Å². The van der Waals surface area contributed by atoms with Gasteiger partial charge in [0.25, 0.3) is 0 Å². The number of likely N-dealkylation sites (tertiary alicyclic amines) is 1. The molecule has 110 valence electrons. The molecule has 2 rings (SSSR count). The molecular formula is C12H19F3N2O2. The Balaban J connectivity index is 1.69. The van der Waals surface area contributed by atoms with E-state index in [0.717, 1.165) is 6.42 Å². The number of nitrogens with zero attached hydrogens (tertiary/aromatic N) is 1. The molecule has 0 aliphatic carbocycles. The second-order valence-electron chi connectivity index (χ2n) is 6.01. The molecule has 2 aliphatic rings. The summed E-state index contributed by atoms with van der Waals surface area (Å²) in [6.45, 7) is 4.72. The van der Waals surface area contributed by atoms with Gasteiger partial charge in [-0.25, -0.2) is 4.79 Å². The van der Waals surface area contributed by atoms with E-state index < -0.39 is 18.5 Å². The maximum atomic E-state index is 12.1. The molecule has 4 nitrogen and oxygen atoms in total. The van der Waals surface area contributed by atoms with Gasteiger partial charge in [-0.05, 0) is 20.3 Å². The predicted molar refractivity (Wildman–Crippen MR) is 62.7 cm³/mol. The second-order valence-corrected chi connectivity index (χ2v) is 6.01. The van der Waals surface area contributed by atoms with E-state index in [4.69, 9.17) is 4.74 Å². The van der Waals surface area contributed by atoms with Crippen molar-refractivity contribution in [1.29, 1.82) is 0 Å². The lowest BCUT2D eigenvalue weighted by Gasteiger charge is -2.40. The second kappa shape index (κ2) is 4.85. The Morgan fingerprint density at radius 1 is 1.42 bits per heavy atom. The summed E-state index contributed by atoms with van der Waals surface area (Å²) in [6.07, 6.45) is -4.23. The van der Waals surface area contributed by atoms with Crippen LogP contribution in [0, 0.1) is 5.92 Å². The monoisotopic (exact) mass is 280 g/mol. The number of halogens is 3. The molecule has 0 aromatic rings. The number of nitrogens with one attached hydrogen (secondary N) is 1. The van der Waals surface area contributed by atoms with Crippen LogP contribution in [-0.4, -0.2) is 48.4 Å². The quantitative estimate of drug-likeness (QED) is 0.842. The Labute approximate surface area is 110 Å². The highest BCUT2D eigenvalue weighted by molar-refractivity contribution is 5.75. The number of carbonyl (C=O) groups is 1. The molecule has 2 saturated heterocycles. The van der Waals surface area contributed by atoms with Crippen LogP contribution < -0.4 is 5.32 Å². The van der Waals surface area contributed by atoms with Crippen molar-refractivity contribution in [2.45, 2.75) is 44.5 Å². The number of hydrogen-bond donors (Lipinski definition) is 1. The molecule has 2 fully saturated rings. The first-order valence-electron chi connectivity index (χ1n) is 6.41. The number of amides is 2. The summed E-state index contributed by atoms with van der Waals surface area (Å²) in [5, 5.41) is 2.80. The zero-order valence-electron chi connectivity index (χ0n) is 11.1. The molecule has 0 bridgehead atoms. The Morgan fingerprint density at radius 2 is 2.05 bits per heavy atom. The summed E-state index contributed by atoms with van der Waals surface area (Å²) >= 11 is 0. The molecule has 0 spiro atoms. The fourth-order valence-corrected chi connectivity index (χ4v) is 2.59. The van der Waals surface area contributed by atoms with E-state index in [0.29, 0.717) is 6.61 Å². The molecular weight excluding hydrogens is 261 g/mol. The Hall–Kier alpha value is -0.980. The van der Waals surface area contributed by atoms with Gasteiger partial charge in [0.15, 0.2) is 0 Å². The normalized spacial score (nSPS) is 27.2. The molecule has 0 radical (unpaired) electrons. The van der Waals surface area contributed by atoms with Gasteiger partial charge < -0.3 is 15.0 Å². The van der Waals surface area contributed by atoms with Crippen LogP contribution in [0.2, 0.25) is 0 Å². The van der Waals surface area contributed by atoms with Crippen LogP contribution in [0.5, 0.6) is 0 Å². The van der Waals surface area contributed by atoms with E-state index >= 15 is 0 Å². The van der Waals surface area contributed by atoms with Gasteiger partial charge in [-0.3, -0.25) is 0 Å². The van der Waals surface area contributed by atoms with Gasteiger partial charge in [-0.15, -0.1) is 0 Å². The van der Waals surface area contributed by atoms with E-state index in [1.165, 1.54) is 4.90 Å². The lowest BCUT2D eigenvalue weighted by Crippen LogP contribution is -2.56. The molecule has 7 heteroatoms. The molecule has 0 unspecified atom stereocenters. The van der Waals surface area contributed by atoms with Gasteiger partial charge in [0.1, 0.15) is 0 Å². The van der Waals surface area contributed by atoms with Crippen molar-refractivity contribution < 1.29 is 22.7 Å². The van der Waals surface area contributed by atoms with Gasteiger partial charge in [0.05, 0.1) is 18.2 Å². The average Bonchev–Trinajstić information content (AvgIpc) is 2.49. The fourth-order valence-electron chi connectivity index (χ4n) is 2.59. The molecule has 0 saturated carbocycles. The van der Waals surface area contributed by atoms with Gasteiger partial charge in [0.2, 0.25) is 0 Å². The smallest absolute Gasteiger partial charge is 0.373 e. The van der Waals surface area contributed by atoms with Gasteiger partial charge >= 0.3 is 12.2 Å². The summed E-state index contributed by atoms with van der Waals surface area (Å²) in [4.78, 5) is 13.2. The highest BCUT2D eigenvalue weighted by atomic mass is 19.4. The van der Waals surface area contributed by atoms with Crippen LogP contribution in [0.25, 0.3) is 0 Å². The standard InChI is InChI=1S/C12H19F3N2O2/c1-11(2)4-9(7-19-11)16-10(18)17-5-8(6-17)3-12(13,14)15/h8-9H,3-7H2,1-2H3,(H,16,18)/t9-/m0/s1. The van der Waals surface area contributed by atoms with Crippen molar-refractivity contribution in [3.63, 3.8) is 0 Å². The number of hydrogen-bond acceptors (Lipinski definition) is 2. The Morgan fingerprint density at radius 3 is 2.53 bits per heavy atom. The van der Waals surface area contributed by atoms with Crippen molar-refractivity contribution in [3.05, 3.63) is 0 Å². The first kappa shape index (κ1) is 14.4. The number of urea groups is 1. The van der Waals surface area contributed by atoms with E-state index in [2.05, 4.69) is 5.32 Å². The number of ether oxygens (including phenoxy) is 1. The van der Waals surface area contributed by atoms with Gasteiger partial charge in [-0.1, -0.05) is 0 Å². The van der Waals surface area contributed by atoms with Crippen molar-refractivity contribution in [3.8, 4) is 0 Å². The van der Waals surface area contributed by atoms with Crippen LogP contribution in [-0.2, 0) is 4.74 Å². The van der Waals surface area contributed by atoms with E-state index in [1.54, 1.807) is 0 Å². The lowest BCUT2D eigenvalue weighted by atomic mass is 9.96. The van der Waals surface area contributed by atoms with Crippen molar-refractivity contribution in [1.82, 2.24) is 10.2 Å². The number of carbonyl (C=O) groups excluding carboxylic acids is 1. The minimum Gasteiger partial charge on any atom is -0.373 e. The average molecular weight is 280 g/mol. The molecule has 0 aromatic carbocycles. The van der Waals surface area contributed by atoms with E-state index in [9.17, 15) is 18.0 Å². The summed E-state index contributed by atoms with van der Waals surface area (Å²) in [5.74, 6) is -0.456. The summed E-state index contributed by atoms with van der Waals surface area (Å²) in [5.41, 5.74) is -0.244. The highest BCUT2D eigenvalue weighted by Crippen LogP contribution is 2.30. The largest absolute Gasteiger partial charge is 0.389 e. The molecule has 19 heavy (non-hydrogen) atoms. The third-order valence-corrected chi connectivity index (χ3v) is 3.51. The van der Waals surface area contributed by atoms with Crippen molar-refractivity contribution >= 4 is 6.03 Å². The van der Waals surface area contributed by atoms with Gasteiger partial charge in [0, 0.05) is 25.4 Å². The van der Waals surface area contributed by atoms with Crippen LogP contribution >= 0.6 is 0 Å². The molecule has 2 aliphatic heterocycles. The highest BCUT2D eigenvalue weighted by Gasteiger charge is 2.40. The molecule has 1 N–H and O–H groups in total. The third-order valence-electron chi connectivity index (χ3n) is 3.51. The third kappa shape index (κ3) is 3.99. The topological polar surface area (TPSA) is 41.6 Å². The SMILES string of the molecule is CC1(C)C[C@H](NC(=O)N2CC(CC(F)(F)F)C2)CO1. The molecule has 2 amide bonds. The van der Waals surface area contributed by atoms with Crippen LogP contribution in [0.1, 0.15) is 26.7 Å². The maximum absolute atomic E-state index is 12.1. The molecule has 2 heterocycles. The first-order chi connectivity index (χ1) is 8.65. The fraction of sp³-hybridized carbons (Fsp3) is 0.917. The summed E-state index contributed by atoms with van der Waals surface area (Å²) in [6, 6.07) is -0.339. The Bertz CT molecular complexity index is 351. The molecule has 0 aromatic heterocycles. The number of rotatable bonds is 2.